The first kappa shape index (κ1) is 20.0. The number of halogens is 1. The summed E-state index contributed by atoms with van der Waals surface area (Å²) >= 11 is 0. The van der Waals surface area contributed by atoms with Crippen molar-refractivity contribution in [2.24, 2.45) is 0 Å². The van der Waals surface area contributed by atoms with E-state index in [-0.39, 0.29) is 23.9 Å². The van der Waals surface area contributed by atoms with Gasteiger partial charge >= 0.3 is 0 Å². The van der Waals surface area contributed by atoms with Gasteiger partial charge in [-0.05, 0) is 30.7 Å². The van der Waals surface area contributed by atoms with Crippen molar-refractivity contribution in [1.82, 2.24) is 15.5 Å². The zero-order chi connectivity index (χ0) is 20.1. The zero-order valence-corrected chi connectivity index (χ0v) is 16.7. The second kappa shape index (κ2) is 8.52. The Bertz CT molecular complexity index is 918. The van der Waals surface area contributed by atoms with Gasteiger partial charge < -0.3 is 14.6 Å². The summed E-state index contributed by atoms with van der Waals surface area (Å²) in [5.41, 5.74) is 1.44. The summed E-state index contributed by atoms with van der Waals surface area (Å²) in [6.07, 6.45) is 0. The van der Waals surface area contributed by atoms with Crippen LogP contribution in [0.15, 0.2) is 53.1 Å². The van der Waals surface area contributed by atoms with Gasteiger partial charge in [0.2, 0.25) is 5.89 Å². The van der Waals surface area contributed by atoms with Gasteiger partial charge in [0.1, 0.15) is 18.2 Å². The van der Waals surface area contributed by atoms with Gasteiger partial charge in [0.15, 0.2) is 5.82 Å². The molecule has 0 fully saturated rings. The molecule has 5 nitrogen and oxygen atoms in total. The maximum absolute atomic E-state index is 13.7. The molecule has 1 atom stereocenters. The molecule has 0 saturated heterocycles. The van der Waals surface area contributed by atoms with Crippen molar-refractivity contribution in [2.75, 3.05) is 0 Å². The van der Waals surface area contributed by atoms with E-state index < -0.39 is 0 Å². The first-order chi connectivity index (χ1) is 13.3. The predicted molar refractivity (Wildman–Crippen MR) is 105 cm³/mol. The molecule has 1 aromatic heterocycles. The standard InChI is InChI=1S/C22H26FN3O2/c1-15(20-25-21(26-28-20)22(2,3)4)24-13-16-8-7-10-18(12-16)27-14-17-9-5-6-11-19(17)23/h5-12,15,24H,13-14H2,1-4H3. The van der Waals surface area contributed by atoms with Crippen molar-refractivity contribution in [2.45, 2.75) is 52.3 Å². The molecule has 0 saturated carbocycles. The third-order valence-electron chi connectivity index (χ3n) is 4.35. The molecule has 1 heterocycles. The van der Waals surface area contributed by atoms with Gasteiger partial charge in [-0.15, -0.1) is 0 Å². The Morgan fingerprint density at radius 1 is 1.14 bits per heavy atom. The molecule has 28 heavy (non-hydrogen) atoms. The fraction of sp³-hybridized carbons (Fsp3) is 0.364. The minimum atomic E-state index is -0.261. The maximum atomic E-state index is 13.7. The average molecular weight is 383 g/mol. The molecule has 0 amide bonds. The van der Waals surface area contributed by atoms with Crippen LogP contribution in [0.2, 0.25) is 0 Å². The number of nitrogens with zero attached hydrogens (tertiary/aromatic N) is 2. The lowest BCUT2D eigenvalue weighted by Crippen LogP contribution is -2.19. The summed E-state index contributed by atoms with van der Waals surface area (Å²) in [5, 5.41) is 7.44. The number of benzene rings is 2. The lowest BCUT2D eigenvalue weighted by Gasteiger charge is -2.12. The average Bonchev–Trinajstić information content (AvgIpc) is 3.17. The largest absolute Gasteiger partial charge is 0.489 e. The fourth-order valence-electron chi connectivity index (χ4n) is 2.60. The van der Waals surface area contributed by atoms with Gasteiger partial charge in [-0.1, -0.05) is 56.3 Å². The number of nitrogens with one attached hydrogen (secondary N) is 1. The Kier molecular flexibility index (Phi) is 6.09. The Labute approximate surface area is 164 Å². The monoisotopic (exact) mass is 383 g/mol. The third-order valence-corrected chi connectivity index (χ3v) is 4.35. The molecule has 3 rings (SSSR count). The summed E-state index contributed by atoms with van der Waals surface area (Å²) < 4.78 is 24.8. The SMILES string of the molecule is CC(NCc1cccc(OCc2ccccc2F)c1)c1nc(C(C)(C)C)no1. The number of rotatable bonds is 7. The summed E-state index contributed by atoms with van der Waals surface area (Å²) in [6.45, 7) is 8.94. The van der Waals surface area contributed by atoms with Crippen LogP contribution in [0.4, 0.5) is 4.39 Å². The van der Waals surface area contributed by atoms with Crippen LogP contribution in [0.1, 0.15) is 56.6 Å². The van der Waals surface area contributed by atoms with E-state index in [9.17, 15) is 4.39 Å². The van der Waals surface area contributed by atoms with Crippen LogP contribution in [0, 0.1) is 5.82 Å². The van der Waals surface area contributed by atoms with Crippen LogP contribution >= 0.6 is 0 Å². The van der Waals surface area contributed by atoms with Gasteiger partial charge in [-0.25, -0.2) is 4.39 Å². The van der Waals surface area contributed by atoms with Gasteiger partial charge in [-0.2, -0.15) is 4.98 Å². The van der Waals surface area contributed by atoms with E-state index in [1.54, 1.807) is 18.2 Å². The smallest absolute Gasteiger partial charge is 0.243 e. The number of ether oxygens (including phenoxy) is 1. The van der Waals surface area contributed by atoms with Gasteiger partial charge in [0, 0.05) is 17.5 Å². The highest BCUT2D eigenvalue weighted by Crippen LogP contribution is 2.21. The van der Waals surface area contributed by atoms with Crippen LogP contribution in [-0.2, 0) is 18.6 Å². The van der Waals surface area contributed by atoms with Crippen LogP contribution in [0.3, 0.4) is 0 Å². The minimum Gasteiger partial charge on any atom is -0.489 e. The molecule has 0 aliphatic rings. The fourth-order valence-corrected chi connectivity index (χ4v) is 2.60. The molecule has 0 aliphatic heterocycles. The summed E-state index contributed by atoms with van der Waals surface area (Å²) in [7, 11) is 0. The maximum Gasteiger partial charge on any atom is 0.243 e. The Morgan fingerprint density at radius 2 is 1.93 bits per heavy atom. The minimum absolute atomic E-state index is 0.0772. The van der Waals surface area contributed by atoms with Crippen molar-refractivity contribution in [3.05, 3.63) is 77.2 Å². The molecule has 1 unspecified atom stereocenters. The second-order valence-electron chi connectivity index (χ2n) is 7.84. The topological polar surface area (TPSA) is 60.2 Å². The molecule has 3 aromatic rings. The van der Waals surface area contributed by atoms with Crippen molar-refractivity contribution in [3.63, 3.8) is 0 Å². The molecule has 0 spiro atoms. The van der Waals surface area contributed by atoms with Crippen molar-refractivity contribution in [3.8, 4) is 5.75 Å². The summed E-state index contributed by atoms with van der Waals surface area (Å²) in [4.78, 5) is 4.48. The number of hydrogen-bond donors (Lipinski definition) is 1. The molecule has 1 N–H and O–H groups in total. The predicted octanol–water partition coefficient (Wildman–Crippen LogP) is 4.94. The molecule has 0 radical (unpaired) electrons. The second-order valence-corrected chi connectivity index (χ2v) is 7.84. The molecule has 2 aromatic carbocycles. The third kappa shape index (κ3) is 5.16. The van der Waals surface area contributed by atoms with Crippen LogP contribution < -0.4 is 10.1 Å². The van der Waals surface area contributed by atoms with E-state index >= 15 is 0 Å². The van der Waals surface area contributed by atoms with Crippen molar-refractivity contribution < 1.29 is 13.7 Å². The molecule has 6 heteroatoms. The molecule has 148 valence electrons. The van der Waals surface area contributed by atoms with Gasteiger partial charge in [-0.3, -0.25) is 0 Å². The van der Waals surface area contributed by atoms with Crippen molar-refractivity contribution in [1.29, 1.82) is 0 Å². The first-order valence-electron chi connectivity index (χ1n) is 9.35. The molecule has 0 bridgehead atoms. The molecular weight excluding hydrogens is 357 g/mol. The number of aromatic nitrogens is 2. The van der Waals surface area contributed by atoms with E-state index in [0.717, 1.165) is 5.56 Å². The van der Waals surface area contributed by atoms with E-state index in [2.05, 4.69) is 15.5 Å². The van der Waals surface area contributed by atoms with E-state index in [4.69, 9.17) is 9.26 Å². The highest BCUT2D eigenvalue weighted by molar-refractivity contribution is 5.29. The highest BCUT2D eigenvalue weighted by atomic mass is 19.1. The highest BCUT2D eigenvalue weighted by Gasteiger charge is 2.22. The lowest BCUT2D eigenvalue weighted by atomic mass is 9.96. The molecule has 0 aliphatic carbocycles. The van der Waals surface area contributed by atoms with Crippen molar-refractivity contribution >= 4 is 0 Å². The summed E-state index contributed by atoms with van der Waals surface area (Å²) in [5.74, 6) is 1.70. The summed E-state index contributed by atoms with van der Waals surface area (Å²) in [6, 6.07) is 14.3. The normalized spacial score (nSPS) is 12.8. The van der Waals surface area contributed by atoms with Gasteiger partial charge in [0.25, 0.3) is 0 Å². The first-order valence-corrected chi connectivity index (χ1v) is 9.35. The quantitative estimate of drug-likeness (QED) is 0.626. The van der Waals surface area contributed by atoms with E-state index in [1.807, 2.05) is 52.0 Å². The van der Waals surface area contributed by atoms with Gasteiger partial charge in [0.05, 0.1) is 6.04 Å². The molecular formula is C22H26FN3O2. The lowest BCUT2D eigenvalue weighted by molar-refractivity contribution is 0.299. The zero-order valence-electron chi connectivity index (χ0n) is 16.7. The van der Waals surface area contributed by atoms with E-state index in [1.165, 1.54) is 6.07 Å². The Balaban J connectivity index is 1.57. The van der Waals surface area contributed by atoms with E-state index in [0.29, 0.717) is 29.6 Å². The Morgan fingerprint density at radius 3 is 2.64 bits per heavy atom. The number of hydrogen-bond acceptors (Lipinski definition) is 5. The van der Waals surface area contributed by atoms with Crippen LogP contribution in [0.5, 0.6) is 5.75 Å². The Hall–Kier alpha value is -2.73. The van der Waals surface area contributed by atoms with Crippen LogP contribution in [-0.4, -0.2) is 10.1 Å². The van der Waals surface area contributed by atoms with Crippen LogP contribution in [0.25, 0.3) is 0 Å².